The molecule has 0 radical (unpaired) electrons. The summed E-state index contributed by atoms with van der Waals surface area (Å²) in [5.74, 6) is 0.746. The average molecular weight is 561 g/mol. The first-order valence-electron chi connectivity index (χ1n) is 12.5. The van der Waals surface area contributed by atoms with Gasteiger partial charge in [-0.05, 0) is 79.1 Å². The van der Waals surface area contributed by atoms with Gasteiger partial charge >= 0.3 is 0 Å². The van der Waals surface area contributed by atoms with Gasteiger partial charge in [-0.3, -0.25) is 4.79 Å². The van der Waals surface area contributed by atoms with Crippen LogP contribution in [0.25, 0.3) is 0 Å². The third-order valence-electron chi connectivity index (χ3n) is 6.56. The minimum Gasteiger partial charge on any atom is -0.491 e. The Hall–Kier alpha value is -2.39. The molecule has 1 aliphatic heterocycles. The van der Waals surface area contributed by atoms with Gasteiger partial charge in [0.2, 0.25) is 15.9 Å². The van der Waals surface area contributed by atoms with Crippen LogP contribution in [0.3, 0.4) is 0 Å². The molecule has 0 saturated heterocycles. The first-order valence-corrected chi connectivity index (χ1v) is 15.2. The van der Waals surface area contributed by atoms with Gasteiger partial charge in [0.1, 0.15) is 12.4 Å². The highest BCUT2D eigenvalue weighted by molar-refractivity contribution is 7.89. The summed E-state index contributed by atoms with van der Waals surface area (Å²) in [5, 5.41) is 2.66. The van der Waals surface area contributed by atoms with E-state index in [4.69, 9.17) is 16.3 Å². The van der Waals surface area contributed by atoms with Crippen LogP contribution >= 0.6 is 22.9 Å². The predicted molar refractivity (Wildman–Crippen MR) is 149 cm³/mol. The quantitative estimate of drug-likeness (QED) is 0.307. The summed E-state index contributed by atoms with van der Waals surface area (Å²) < 4.78 is 34.5. The van der Waals surface area contributed by atoms with Crippen LogP contribution in [-0.2, 0) is 21.2 Å². The predicted octanol–water partition coefficient (Wildman–Crippen LogP) is 5.95. The maximum atomic E-state index is 13.7. The van der Waals surface area contributed by atoms with Crippen LogP contribution in [0.5, 0.6) is 5.75 Å². The summed E-state index contributed by atoms with van der Waals surface area (Å²) >= 11 is 7.68. The number of sulfonamides is 1. The summed E-state index contributed by atoms with van der Waals surface area (Å²) in [7, 11) is -3.83. The Labute approximate surface area is 228 Å². The third-order valence-corrected chi connectivity index (χ3v) is 9.67. The zero-order valence-electron chi connectivity index (χ0n) is 21.4. The van der Waals surface area contributed by atoms with Crippen LogP contribution in [0.1, 0.15) is 42.3 Å². The molecule has 2 heterocycles. The Kier molecular flexibility index (Phi) is 8.95. The van der Waals surface area contributed by atoms with E-state index >= 15 is 0 Å². The number of rotatable bonds is 10. The van der Waals surface area contributed by atoms with Crippen molar-refractivity contribution >= 4 is 38.9 Å². The first kappa shape index (κ1) is 27.6. The van der Waals surface area contributed by atoms with E-state index in [1.807, 2.05) is 32.2 Å². The molecule has 1 aliphatic rings. The van der Waals surface area contributed by atoms with Crippen LogP contribution in [0.15, 0.2) is 64.9 Å². The highest BCUT2D eigenvalue weighted by Gasteiger charge is 2.35. The molecule has 0 aliphatic carbocycles. The lowest BCUT2D eigenvalue weighted by molar-refractivity contribution is -0.135. The van der Waals surface area contributed by atoms with Crippen LogP contribution < -0.4 is 4.74 Å². The number of hydrogen-bond donors (Lipinski definition) is 0. The smallest absolute Gasteiger partial charge is 0.243 e. The van der Waals surface area contributed by atoms with E-state index in [0.29, 0.717) is 29.7 Å². The molecule has 0 spiro atoms. The first-order chi connectivity index (χ1) is 17.6. The van der Waals surface area contributed by atoms with Crippen LogP contribution in [0, 0.1) is 12.8 Å². The van der Waals surface area contributed by atoms with E-state index in [9.17, 15) is 13.2 Å². The van der Waals surface area contributed by atoms with Crippen molar-refractivity contribution in [2.45, 2.75) is 44.6 Å². The van der Waals surface area contributed by atoms with Crippen molar-refractivity contribution < 1.29 is 17.9 Å². The van der Waals surface area contributed by atoms with Gasteiger partial charge in [0, 0.05) is 23.0 Å². The monoisotopic (exact) mass is 560 g/mol. The van der Waals surface area contributed by atoms with Crippen LogP contribution in [-0.4, -0.2) is 49.8 Å². The third kappa shape index (κ3) is 6.74. The molecule has 1 atom stereocenters. The van der Waals surface area contributed by atoms with Gasteiger partial charge in [-0.2, -0.15) is 4.31 Å². The van der Waals surface area contributed by atoms with Gasteiger partial charge in [-0.25, -0.2) is 8.42 Å². The number of nitrogens with zero attached hydrogens (tertiary/aromatic N) is 2. The number of thiophene rings is 1. The fourth-order valence-electron chi connectivity index (χ4n) is 4.37. The minimum absolute atomic E-state index is 0.205. The second-order valence-electron chi connectivity index (χ2n) is 9.75. The lowest BCUT2D eigenvalue weighted by Gasteiger charge is -2.37. The normalized spacial score (nSPS) is 15.7. The summed E-state index contributed by atoms with van der Waals surface area (Å²) in [4.78, 5) is 16.9. The van der Waals surface area contributed by atoms with E-state index < -0.39 is 10.0 Å². The molecule has 198 valence electrons. The molecule has 0 unspecified atom stereocenters. The van der Waals surface area contributed by atoms with Gasteiger partial charge in [-0.15, -0.1) is 11.3 Å². The average Bonchev–Trinajstić information content (AvgIpc) is 3.35. The Morgan fingerprint density at radius 1 is 1.14 bits per heavy atom. The zero-order chi connectivity index (χ0) is 26.6. The number of fused-ring (bicyclic) bond motifs is 1. The Bertz CT molecular complexity index is 1300. The minimum atomic E-state index is -3.83. The lowest BCUT2D eigenvalue weighted by atomic mass is 10.0. The van der Waals surface area contributed by atoms with E-state index in [0.717, 1.165) is 17.5 Å². The standard InChI is InChI=1S/C28H33ClN2O4S2/c1-20(2)12-15-30(37(33,34)24-10-4-21(3)5-11-24)18-28(32)31-16-13-27-25(14-17-36-27)26(31)19-35-23-8-6-22(29)7-9-23/h4-11,14,17,20,26H,12-13,15-16,18-19H2,1-3H3/t26-/m1/s1. The van der Waals surface area contributed by atoms with Crippen molar-refractivity contribution in [3.8, 4) is 5.75 Å². The van der Waals surface area contributed by atoms with Crippen molar-refractivity contribution in [2.24, 2.45) is 5.92 Å². The molecule has 6 nitrogen and oxygen atoms in total. The molecule has 1 aromatic heterocycles. The maximum absolute atomic E-state index is 13.7. The number of carbonyl (C=O) groups excluding carboxylic acids is 1. The van der Waals surface area contributed by atoms with E-state index in [1.165, 1.54) is 9.18 Å². The number of benzene rings is 2. The molecular weight excluding hydrogens is 528 g/mol. The number of ether oxygens (including phenoxy) is 1. The van der Waals surface area contributed by atoms with Gasteiger partial charge in [0.15, 0.2) is 0 Å². The van der Waals surface area contributed by atoms with Crippen molar-refractivity contribution in [1.29, 1.82) is 0 Å². The molecule has 37 heavy (non-hydrogen) atoms. The van der Waals surface area contributed by atoms with E-state index in [2.05, 4.69) is 0 Å². The van der Waals surface area contributed by atoms with Crippen molar-refractivity contribution in [3.63, 3.8) is 0 Å². The van der Waals surface area contributed by atoms with Crippen molar-refractivity contribution in [1.82, 2.24) is 9.21 Å². The molecule has 1 amide bonds. The Morgan fingerprint density at radius 3 is 2.51 bits per heavy atom. The summed E-state index contributed by atoms with van der Waals surface area (Å²) in [6.07, 6.45) is 1.41. The SMILES string of the molecule is Cc1ccc(S(=O)(=O)N(CCC(C)C)CC(=O)N2CCc3sccc3[C@H]2COc2ccc(Cl)cc2)cc1. The molecular formula is C28H33ClN2O4S2. The van der Waals surface area contributed by atoms with Crippen molar-refractivity contribution in [2.75, 3.05) is 26.2 Å². The van der Waals surface area contributed by atoms with Crippen LogP contribution in [0.4, 0.5) is 0 Å². The summed E-state index contributed by atoms with van der Waals surface area (Å²) in [6.45, 7) is 6.87. The van der Waals surface area contributed by atoms with Gasteiger partial charge < -0.3 is 9.64 Å². The highest BCUT2D eigenvalue weighted by atomic mass is 35.5. The second kappa shape index (κ2) is 12.0. The molecule has 4 rings (SSSR count). The summed E-state index contributed by atoms with van der Waals surface area (Å²) in [5.41, 5.74) is 2.04. The number of carbonyl (C=O) groups is 1. The molecule has 3 aromatic rings. The molecule has 9 heteroatoms. The number of hydrogen-bond acceptors (Lipinski definition) is 5. The summed E-state index contributed by atoms with van der Waals surface area (Å²) in [6, 6.07) is 15.6. The Balaban J connectivity index is 1.56. The van der Waals surface area contributed by atoms with E-state index in [1.54, 1.807) is 64.8 Å². The largest absolute Gasteiger partial charge is 0.491 e. The number of aryl methyl sites for hydroxylation is 1. The lowest BCUT2D eigenvalue weighted by Crippen LogP contribution is -2.48. The number of halogens is 1. The van der Waals surface area contributed by atoms with Crippen molar-refractivity contribution in [3.05, 3.63) is 81.0 Å². The highest BCUT2D eigenvalue weighted by Crippen LogP contribution is 2.34. The number of amides is 1. The molecule has 2 aromatic carbocycles. The molecule has 0 bridgehead atoms. The van der Waals surface area contributed by atoms with Gasteiger partial charge in [-0.1, -0.05) is 43.1 Å². The fraction of sp³-hybridized carbons (Fsp3) is 0.393. The van der Waals surface area contributed by atoms with Gasteiger partial charge in [0.25, 0.3) is 0 Å². The molecule has 0 saturated carbocycles. The second-order valence-corrected chi connectivity index (χ2v) is 13.1. The van der Waals surface area contributed by atoms with Crippen LogP contribution in [0.2, 0.25) is 5.02 Å². The zero-order valence-corrected chi connectivity index (χ0v) is 23.8. The van der Waals surface area contributed by atoms with Gasteiger partial charge in [0.05, 0.1) is 17.5 Å². The fourth-order valence-corrected chi connectivity index (χ4v) is 6.83. The molecule has 0 N–H and O–H groups in total. The molecule has 0 fully saturated rings. The van der Waals surface area contributed by atoms with E-state index in [-0.39, 0.29) is 36.5 Å². The Morgan fingerprint density at radius 2 is 1.84 bits per heavy atom. The maximum Gasteiger partial charge on any atom is 0.243 e. The topological polar surface area (TPSA) is 66.9 Å².